The summed E-state index contributed by atoms with van der Waals surface area (Å²) < 4.78 is 11.5. The molecule has 0 radical (unpaired) electrons. The van der Waals surface area contributed by atoms with E-state index in [1.54, 1.807) is 0 Å². The maximum atomic E-state index is 12.4. The Hall–Kier alpha value is -2.49. The fourth-order valence-electron chi connectivity index (χ4n) is 3.10. The van der Waals surface area contributed by atoms with Gasteiger partial charge < -0.3 is 14.4 Å². The lowest BCUT2D eigenvalue weighted by Crippen LogP contribution is -2.43. The zero-order valence-corrected chi connectivity index (χ0v) is 14.7. The molecular weight excluding hydrogens is 314 g/mol. The monoisotopic (exact) mass is 339 g/mol. The topological polar surface area (TPSA) is 38.8 Å². The largest absolute Gasteiger partial charge is 0.493 e. The molecule has 0 N–H and O–H groups in total. The summed E-state index contributed by atoms with van der Waals surface area (Å²) in [6.07, 6.45) is 2.11. The van der Waals surface area contributed by atoms with Gasteiger partial charge in [-0.15, -0.1) is 0 Å². The predicted molar refractivity (Wildman–Crippen MR) is 97.9 cm³/mol. The molecule has 25 heavy (non-hydrogen) atoms. The van der Waals surface area contributed by atoms with E-state index in [0.29, 0.717) is 12.5 Å². The molecule has 0 spiro atoms. The maximum absolute atomic E-state index is 12.4. The average Bonchev–Trinajstić information content (AvgIpc) is 2.65. The molecule has 1 amide bonds. The lowest BCUT2D eigenvalue weighted by Gasteiger charge is -2.32. The van der Waals surface area contributed by atoms with Crippen molar-refractivity contribution in [1.82, 2.24) is 4.90 Å². The van der Waals surface area contributed by atoms with Gasteiger partial charge in [-0.1, -0.05) is 30.3 Å². The molecule has 2 aromatic carbocycles. The Morgan fingerprint density at radius 1 is 1.08 bits per heavy atom. The molecule has 4 nitrogen and oxygen atoms in total. The van der Waals surface area contributed by atoms with Crippen LogP contribution >= 0.6 is 0 Å². The Kier molecular flexibility index (Phi) is 5.94. The predicted octanol–water partition coefficient (Wildman–Crippen LogP) is 3.69. The summed E-state index contributed by atoms with van der Waals surface area (Å²) in [6.45, 7) is 4.34. The van der Waals surface area contributed by atoms with Crippen molar-refractivity contribution in [2.45, 2.75) is 19.8 Å². The number of ether oxygens (including phenoxy) is 2. The van der Waals surface area contributed by atoms with E-state index < -0.39 is 0 Å². The summed E-state index contributed by atoms with van der Waals surface area (Å²) in [6, 6.07) is 17.5. The minimum Gasteiger partial charge on any atom is -0.493 e. The summed E-state index contributed by atoms with van der Waals surface area (Å²) in [5.74, 6) is 2.04. The molecule has 1 saturated heterocycles. The lowest BCUT2D eigenvalue weighted by molar-refractivity contribution is -0.135. The van der Waals surface area contributed by atoms with Gasteiger partial charge in [0.1, 0.15) is 11.5 Å². The first-order valence-corrected chi connectivity index (χ1v) is 8.86. The van der Waals surface area contributed by atoms with Crippen molar-refractivity contribution in [2.75, 3.05) is 26.3 Å². The third-order valence-electron chi connectivity index (χ3n) is 4.45. The number of carbonyl (C=O) groups is 1. The van der Waals surface area contributed by atoms with Gasteiger partial charge in [0.05, 0.1) is 6.61 Å². The highest BCUT2D eigenvalue weighted by Gasteiger charge is 2.24. The Morgan fingerprint density at radius 2 is 1.88 bits per heavy atom. The van der Waals surface area contributed by atoms with Crippen LogP contribution in [-0.4, -0.2) is 37.1 Å². The van der Waals surface area contributed by atoms with Gasteiger partial charge in [-0.2, -0.15) is 0 Å². The van der Waals surface area contributed by atoms with E-state index in [4.69, 9.17) is 9.47 Å². The van der Waals surface area contributed by atoms with E-state index in [1.165, 1.54) is 5.56 Å². The van der Waals surface area contributed by atoms with Crippen molar-refractivity contribution in [3.05, 3.63) is 60.2 Å². The summed E-state index contributed by atoms with van der Waals surface area (Å²) in [4.78, 5) is 14.3. The molecule has 0 aliphatic carbocycles. The van der Waals surface area contributed by atoms with Crippen molar-refractivity contribution in [1.29, 1.82) is 0 Å². The van der Waals surface area contributed by atoms with Crippen LogP contribution in [0.15, 0.2) is 54.6 Å². The van der Waals surface area contributed by atoms with E-state index >= 15 is 0 Å². The van der Waals surface area contributed by atoms with Gasteiger partial charge in [-0.05, 0) is 49.6 Å². The molecule has 0 bridgehead atoms. The van der Waals surface area contributed by atoms with Gasteiger partial charge in [-0.25, -0.2) is 0 Å². The van der Waals surface area contributed by atoms with Gasteiger partial charge in [0.15, 0.2) is 6.61 Å². The van der Waals surface area contributed by atoms with E-state index in [2.05, 4.69) is 13.0 Å². The molecule has 4 heteroatoms. The second-order valence-corrected chi connectivity index (χ2v) is 6.58. The fourth-order valence-corrected chi connectivity index (χ4v) is 3.10. The normalized spacial score (nSPS) is 17.2. The number of benzene rings is 2. The molecule has 0 saturated carbocycles. The summed E-state index contributed by atoms with van der Waals surface area (Å²) in [5, 5.41) is 0. The number of hydrogen-bond acceptors (Lipinski definition) is 3. The number of hydrogen-bond donors (Lipinski definition) is 0. The minimum atomic E-state index is 0.0455. The Morgan fingerprint density at radius 3 is 2.68 bits per heavy atom. The summed E-state index contributed by atoms with van der Waals surface area (Å²) in [7, 11) is 0. The minimum absolute atomic E-state index is 0.0455. The molecule has 1 atom stereocenters. The molecule has 1 heterocycles. The van der Waals surface area contributed by atoms with E-state index in [9.17, 15) is 4.79 Å². The molecule has 1 unspecified atom stereocenters. The fraction of sp³-hybridized carbons (Fsp3) is 0.381. The zero-order chi connectivity index (χ0) is 17.5. The number of aryl methyl sites for hydroxylation is 1. The standard InChI is InChI=1S/C21H25NO3/c1-17-7-5-11-20(13-17)24-15-18-8-6-12-22(14-18)21(23)16-25-19-9-3-2-4-10-19/h2-5,7,9-11,13,18H,6,8,12,14-16H2,1H3. The van der Waals surface area contributed by atoms with Crippen LogP contribution in [0.25, 0.3) is 0 Å². The number of amides is 1. The number of nitrogens with zero attached hydrogens (tertiary/aromatic N) is 1. The summed E-state index contributed by atoms with van der Waals surface area (Å²) >= 11 is 0. The van der Waals surface area contributed by atoms with E-state index in [0.717, 1.165) is 37.4 Å². The first-order chi connectivity index (χ1) is 12.2. The third kappa shape index (κ3) is 5.24. The second kappa shape index (κ2) is 8.56. The van der Waals surface area contributed by atoms with Crippen LogP contribution in [-0.2, 0) is 4.79 Å². The molecule has 1 aliphatic rings. The average molecular weight is 339 g/mol. The molecule has 1 fully saturated rings. The van der Waals surface area contributed by atoms with Crippen molar-refractivity contribution < 1.29 is 14.3 Å². The smallest absolute Gasteiger partial charge is 0.260 e. The van der Waals surface area contributed by atoms with Crippen LogP contribution in [0.5, 0.6) is 11.5 Å². The van der Waals surface area contributed by atoms with Crippen LogP contribution in [0.3, 0.4) is 0 Å². The molecule has 1 aliphatic heterocycles. The van der Waals surface area contributed by atoms with Gasteiger partial charge in [-0.3, -0.25) is 4.79 Å². The van der Waals surface area contributed by atoms with Crippen LogP contribution in [0.2, 0.25) is 0 Å². The van der Waals surface area contributed by atoms with Gasteiger partial charge in [0.2, 0.25) is 0 Å². The highest BCUT2D eigenvalue weighted by molar-refractivity contribution is 5.77. The lowest BCUT2D eigenvalue weighted by atomic mass is 9.99. The van der Waals surface area contributed by atoms with E-state index in [1.807, 2.05) is 53.4 Å². The SMILES string of the molecule is Cc1cccc(OCC2CCCN(C(=O)COc3ccccc3)C2)c1. The Labute approximate surface area is 149 Å². The van der Waals surface area contributed by atoms with Crippen molar-refractivity contribution in [3.8, 4) is 11.5 Å². The molecule has 0 aromatic heterocycles. The molecule has 132 valence electrons. The van der Waals surface area contributed by atoms with E-state index in [-0.39, 0.29) is 12.5 Å². The second-order valence-electron chi connectivity index (χ2n) is 6.58. The summed E-state index contributed by atoms with van der Waals surface area (Å²) in [5.41, 5.74) is 1.19. The van der Waals surface area contributed by atoms with Crippen LogP contribution in [0, 0.1) is 12.8 Å². The third-order valence-corrected chi connectivity index (χ3v) is 4.45. The van der Waals surface area contributed by atoms with Gasteiger partial charge in [0, 0.05) is 19.0 Å². The van der Waals surface area contributed by atoms with Crippen LogP contribution in [0.1, 0.15) is 18.4 Å². The first-order valence-electron chi connectivity index (χ1n) is 8.86. The molecular formula is C21H25NO3. The molecule has 3 rings (SSSR count). The number of rotatable bonds is 6. The number of carbonyl (C=O) groups excluding carboxylic acids is 1. The van der Waals surface area contributed by atoms with Gasteiger partial charge in [0.25, 0.3) is 5.91 Å². The van der Waals surface area contributed by atoms with Crippen LogP contribution in [0.4, 0.5) is 0 Å². The van der Waals surface area contributed by atoms with Crippen molar-refractivity contribution in [3.63, 3.8) is 0 Å². The number of likely N-dealkylation sites (tertiary alicyclic amines) is 1. The molecule has 2 aromatic rings. The Balaban J connectivity index is 1.46. The highest BCUT2D eigenvalue weighted by Crippen LogP contribution is 2.20. The van der Waals surface area contributed by atoms with Crippen molar-refractivity contribution >= 4 is 5.91 Å². The zero-order valence-electron chi connectivity index (χ0n) is 14.7. The van der Waals surface area contributed by atoms with Crippen molar-refractivity contribution in [2.24, 2.45) is 5.92 Å². The number of para-hydroxylation sites is 1. The van der Waals surface area contributed by atoms with Gasteiger partial charge >= 0.3 is 0 Å². The first kappa shape index (κ1) is 17.3. The van der Waals surface area contributed by atoms with Crippen LogP contribution < -0.4 is 9.47 Å². The maximum Gasteiger partial charge on any atom is 0.260 e. The number of piperidine rings is 1. The Bertz CT molecular complexity index is 687. The quantitative estimate of drug-likeness (QED) is 0.806. The highest BCUT2D eigenvalue weighted by atomic mass is 16.5.